The maximum absolute atomic E-state index is 10.8. The Balaban J connectivity index is 2.02. The van der Waals surface area contributed by atoms with Crippen LogP contribution in [0, 0.1) is 6.92 Å². The van der Waals surface area contributed by atoms with Gasteiger partial charge in [0.2, 0.25) is 0 Å². The molecule has 3 rings (SSSR count). The first-order chi connectivity index (χ1) is 11.6. The molecule has 0 unspecified atom stereocenters. The molecule has 0 N–H and O–H groups in total. The Labute approximate surface area is 144 Å². The fourth-order valence-corrected chi connectivity index (χ4v) is 3.45. The lowest BCUT2D eigenvalue weighted by molar-refractivity contribution is -0.255. The number of hydrogen-bond donors (Lipinski definition) is 0. The zero-order chi connectivity index (χ0) is 17.1. The van der Waals surface area contributed by atoms with Crippen molar-refractivity contribution in [3.63, 3.8) is 0 Å². The number of hydrogen-bond acceptors (Lipinski definition) is 4. The zero-order valence-corrected chi connectivity index (χ0v) is 14.3. The predicted molar refractivity (Wildman–Crippen MR) is 94.2 cm³/mol. The van der Waals surface area contributed by atoms with E-state index in [2.05, 4.69) is 53.1 Å². The second kappa shape index (κ2) is 6.84. The highest BCUT2D eigenvalue weighted by Gasteiger charge is 2.06. The molecule has 0 bridgehead atoms. The molecule has 3 aromatic rings. The highest BCUT2D eigenvalue weighted by Crippen LogP contribution is 2.21. The van der Waals surface area contributed by atoms with Crippen LogP contribution in [0.1, 0.15) is 22.8 Å². The highest BCUT2D eigenvalue weighted by molar-refractivity contribution is 7.07. The van der Waals surface area contributed by atoms with Crippen LogP contribution in [0.2, 0.25) is 0 Å². The second-order valence-corrected chi connectivity index (χ2v) is 6.30. The molecule has 0 atom stereocenters. The Morgan fingerprint density at radius 2 is 1.79 bits per heavy atom. The summed E-state index contributed by atoms with van der Waals surface area (Å²) in [6.45, 7) is 4.97. The van der Waals surface area contributed by atoms with Gasteiger partial charge in [0.05, 0.1) is 17.4 Å². The van der Waals surface area contributed by atoms with Crippen molar-refractivity contribution in [2.24, 2.45) is 4.99 Å². The zero-order valence-electron chi connectivity index (χ0n) is 13.5. The fourth-order valence-electron chi connectivity index (χ4n) is 2.46. The minimum atomic E-state index is -1.18. The minimum absolute atomic E-state index is 0.156. The van der Waals surface area contributed by atoms with Crippen LogP contribution in [0.5, 0.6) is 0 Å². The van der Waals surface area contributed by atoms with Crippen LogP contribution in [0.25, 0.3) is 11.3 Å². The van der Waals surface area contributed by atoms with Crippen LogP contribution in [0.4, 0.5) is 5.69 Å². The Morgan fingerprint density at radius 3 is 2.38 bits per heavy atom. The fraction of sp³-hybridized carbons (Fsp3) is 0.158. The van der Waals surface area contributed by atoms with E-state index in [4.69, 9.17) is 0 Å². The van der Waals surface area contributed by atoms with Gasteiger partial charge in [0.1, 0.15) is 0 Å². The number of carbonyl (C=O) groups excluding carboxylic acids is 1. The van der Waals surface area contributed by atoms with Gasteiger partial charge in [-0.25, -0.2) is 4.99 Å². The van der Waals surface area contributed by atoms with E-state index >= 15 is 0 Å². The topological polar surface area (TPSA) is 57.4 Å². The summed E-state index contributed by atoms with van der Waals surface area (Å²) in [6.07, 6.45) is 0. The van der Waals surface area contributed by atoms with Crippen LogP contribution in [0.3, 0.4) is 0 Å². The smallest absolute Gasteiger partial charge is 0.190 e. The number of benzene rings is 2. The summed E-state index contributed by atoms with van der Waals surface area (Å²) in [5, 5.41) is 12.9. The first-order valence-electron chi connectivity index (χ1n) is 7.70. The van der Waals surface area contributed by atoms with Gasteiger partial charge in [-0.1, -0.05) is 42.0 Å². The molecule has 1 heterocycles. The molecule has 0 radical (unpaired) electrons. The first-order valence-corrected chi connectivity index (χ1v) is 8.58. The Hall–Kier alpha value is -2.66. The van der Waals surface area contributed by atoms with Crippen LogP contribution in [0.15, 0.2) is 58.9 Å². The molecule has 0 fully saturated rings. The van der Waals surface area contributed by atoms with Gasteiger partial charge in [0.15, 0.2) is 4.80 Å². The van der Waals surface area contributed by atoms with E-state index in [0.717, 1.165) is 28.3 Å². The number of aromatic carboxylic acids is 1. The van der Waals surface area contributed by atoms with E-state index in [-0.39, 0.29) is 5.56 Å². The molecule has 2 aromatic carbocycles. The Morgan fingerprint density at radius 1 is 1.12 bits per heavy atom. The van der Waals surface area contributed by atoms with E-state index in [1.165, 1.54) is 17.7 Å². The van der Waals surface area contributed by atoms with Crippen molar-refractivity contribution >= 4 is 23.0 Å². The molecule has 0 amide bonds. The third-order valence-corrected chi connectivity index (χ3v) is 4.65. The normalized spacial score (nSPS) is 11.7. The van der Waals surface area contributed by atoms with Gasteiger partial charge in [-0.15, -0.1) is 11.3 Å². The van der Waals surface area contributed by atoms with E-state index in [1.54, 1.807) is 23.5 Å². The standard InChI is InChI=1S/C19H18N2O2S/c1-3-21-17(14-6-4-13(2)5-7-14)12-24-19(21)20-16-10-8-15(9-11-16)18(22)23/h4-12H,3H2,1-2H3,(H,22,23)/p-1. The second-order valence-electron chi connectivity index (χ2n) is 5.46. The largest absolute Gasteiger partial charge is 0.545 e. The number of carbonyl (C=O) groups is 1. The summed E-state index contributed by atoms with van der Waals surface area (Å²) >= 11 is 1.57. The number of carboxylic acids is 1. The SMILES string of the molecule is CCn1c(-c2ccc(C)cc2)csc1=Nc1ccc(C(=O)[O-])cc1. The van der Waals surface area contributed by atoms with E-state index in [1.807, 2.05) is 0 Å². The quantitative estimate of drug-likeness (QED) is 0.734. The van der Waals surface area contributed by atoms with Gasteiger partial charge in [0, 0.05) is 11.9 Å². The molecule has 0 aliphatic rings. The molecule has 1 aromatic heterocycles. The summed E-state index contributed by atoms with van der Waals surface area (Å²) in [5.41, 5.74) is 4.40. The van der Waals surface area contributed by atoms with Crippen LogP contribution < -0.4 is 9.91 Å². The van der Waals surface area contributed by atoms with Gasteiger partial charge in [0.25, 0.3) is 0 Å². The Kier molecular flexibility index (Phi) is 4.62. The lowest BCUT2D eigenvalue weighted by atomic mass is 10.1. The first kappa shape index (κ1) is 16.2. The lowest BCUT2D eigenvalue weighted by Crippen LogP contribution is -2.21. The Bertz CT molecular complexity index is 919. The minimum Gasteiger partial charge on any atom is -0.545 e. The molecule has 122 valence electrons. The number of thiazole rings is 1. The molecular weight excluding hydrogens is 320 g/mol. The van der Waals surface area contributed by atoms with Crippen molar-refractivity contribution in [2.45, 2.75) is 20.4 Å². The van der Waals surface area contributed by atoms with E-state index in [0.29, 0.717) is 0 Å². The summed E-state index contributed by atoms with van der Waals surface area (Å²) in [6, 6.07) is 14.8. The molecule has 0 saturated heterocycles. The molecule has 0 spiro atoms. The van der Waals surface area contributed by atoms with Crippen LogP contribution in [-0.2, 0) is 6.54 Å². The van der Waals surface area contributed by atoms with Crippen molar-refractivity contribution in [3.05, 3.63) is 69.8 Å². The maximum atomic E-state index is 10.8. The monoisotopic (exact) mass is 337 g/mol. The average Bonchev–Trinajstić information content (AvgIpc) is 2.98. The van der Waals surface area contributed by atoms with E-state index < -0.39 is 5.97 Å². The summed E-state index contributed by atoms with van der Waals surface area (Å²) < 4.78 is 2.15. The van der Waals surface area contributed by atoms with Crippen LogP contribution >= 0.6 is 11.3 Å². The van der Waals surface area contributed by atoms with Gasteiger partial charge in [-0.05, 0) is 37.1 Å². The highest BCUT2D eigenvalue weighted by atomic mass is 32.1. The molecule has 4 nitrogen and oxygen atoms in total. The van der Waals surface area contributed by atoms with Gasteiger partial charge in [-0.3, -0.25) is 0 Å². The van der Waals surface area contributed by atoms with E-state index in [9.17, 15) is 9.90 Å². The molecular formula is C19H17N2O2S-. The third kappa shape index (κ3) is 3.31. The summed E-state index contributed by atoms with van der Waals surface area (Å²) in [4.78, 5) is 16.3. The van der Waals surface area contributed by atoms with Crippen molar-refractivity contribution in [3.8, 4) is 11.3 Å². The number of aromatic nitrogens is 1. The number of carboxylic acid groups (broad SMARTS) is 1. The predicted octanol–water partition coefficient (Wildman–Crippen LogP) is 3.14. The van der Waals surface area contributed by atoms with Crippen LogP contribution in [-0.4, -0.2) is 10.5 Å². The molecule has 24 heavy (non-hydrogen) atoms. The van der Waals surface area contributed by atoms with Crippen molar-refractivity contribution in [1.29, 1.82) is 0 Å². The van der Waals surface area contributed by atoms with Crippen molar-refractivity contribution in [2.75, 3.05) is 0 Å². The van der Waals surface area contributed by atoms with Gasteiger partial charge in [-0.2, -0.15) is 0 Å². The molecule has 5 heteroatoms. The number of aryl methyl sites for hydroxylation is 1. The van der Waals surface area contributed by atoms with Gasteiger partial charge >= 0.3 is 0 Å². The number of rotatable bonds is 4. The summed E-state index contributed by atoms with van der Waals surface area (Å²) in [7, 11) is 0. The lowest BCUT2D eigenvalue weighted by Gasteiger charge is -2.06. The summed E-state index contributed by atoms with van der Waals surface area (Å²) in [5.74, 6) is -1.18. The van der Waals surface area contributed by atoms with Gasteiger partial charge < -0.3 is 14.5 Å². The maximum Gasteiger partial charge on any atom is 0.190 e. The molecule has 0 saturated carbocycles. The molecule has 0 aliphatic carbocycles. The number of nitrogens with zero attached hydrogens (tertiary/aromatic N) is 2. The van der Waals surface area contributed by atoms with Crippen molar-refractivity contribution in [1.82, 2.24) is 4.57 Å². The average molecular weight is 337 g/mol. The van der Waals surface area contributed by atoms with Crippen molar-refractivity contribution < 1.29 is 9.90 Å². The molecule has 0 aliphatic heterocycles. The third-order valence-electron chi connectivity index (χ3n) is 3.79.